The molecule has 0 aliphatic carbocycles. The van der Waals surface area contributed by atoms with Crippen molar-refractivity contribution in [2.24, 2.45) is 0 Å². The summed E-state index contributed by atoms with van der Waals surface area (Å²) in [6.45, 7) is 5.40. The van der Waals surface area contributed by atoms with E-state index < -0.39 is 29.9 Å². The Balaban J connectivity index is 1.74. The third kappa shape index (κ3) is 6.04. The third-order valence-corrected chi connectivity index (χ3v) is 4.80. The Morgan fingerprint density at radius 2 is 1.38 bits per heavy atom. The van der Waals surface area contributed by atoms with Crippen LogP contribution in [0.1, 0.15) is 40.1 Å². The highest BCUT2D eigenvalue weighted by atomic mass is 16.5. The second kappa shape index (κ2) is 10.4. The molecule has 3 aromatic rings. The van der Waals surface area contributed by atoms with E-state index in [0.717, 1.165) is 11.1 Å². The molecule has 0 aliphatic heterocycles. The Morgan fingerprint density at radius 3 is 1.97 bits per heavy atom. The molecule has 0 fully saturated rings. The largest absolute Gasteiger partial charge is 0.446 e. The molecule has 0 spiro atoms. The quantitative estimate of drug-likeness (QED) is 0.546. The molecular formula is C26H26N2O4. The van der Waals surface area contributed by atoms with Gasteiger partial charge >= 0.3 is 5.97 Å². The maximum absolute atomic E-state index is 13.1. The summed E-state index contributed by atoms with van der Waals surface area (Å²) in [5.74, 6) is -1.58. The molecule has 32 heavy (non-hydrogen) atoms. The van der Waals surface area contributed by atoms with Gasteiger partial charge in [0.2, 0.25) is 6.10 Å². The normalized spacial score (nSPS) is 12.3. The number of esters is 1. The lowest BCUT2D eigenvalue weighted by Gasteiger charge is -2.21. The van der Waals surface area contributed by atoms with Crippen LogP contribution in [0.4, 0.5) is 5.69 Å². The second-order valence-electron chi connectivity index (χ2n) is 7.65. The number of aryl methyl sites for hydroxylation is 2. The molecule has 2 atom stereocenters. The van der Waals surface area contributed by atoms with E-state index in [1.807, 2.05) is 38.1 Å². The van der Waals surface area contributed by atoms with Crippen LogP contribution < -0.4 is 10.6 Å². The van der Waals surface area contributed by atoms with Gasteiger partial charge in [0.05, 0.1) is 0 Å². The molecule has 3 aromatic carbocycles. The zero-order chi connectivity index (χ0) is 23.1. The molecule has 0 aliphatic rings. The van der Waals surface area contributed by atoms with E-state index in [0.29, 0.717) is 16.8 Å². The Labute approximate surface area is 187 Å². The van der Waals surface area contributed by atoms with Gasteiger partial charge in [0.15, 0.2) is 0 Å². The SMILES string of the molecule is Cc1cc(C)cc(NC(=O)C(OC(=O)C(C)NC(=O)c2ccccc2)c2ccccc2)c1. The lowest BCUT2D eigenvalue weighted by atomic mass is 10.1. The summed E-state index contributed by atoms with van der Waals surface area (Å²) in [5.41, 5.74) is 3.59. The predicted octanol–water partition coefficient (Wildman–Crippen LogP) is 4.34. The molecule has 0 saturated heterocycles. The lowest BCUT2D eigenvalue weighted by molar-refractivity contribution is -0.156. The number of hydrogen-bond acceptors (Lipinski definition) is 4. The monoisotopic (exact) mass is 430 g/mol. The van der Waals surface area contributed by atoms with Gasteiger partial charge in [-0.2, -0.15) is 0 Å². The van der Waals surface area contributed by atoms with Crippen molar-refractivity contribution in [3.63, 3.8) is 0 Å². The number of anilines is 1. The van der Waals surface area contributed by atoms with E-state index >= 15 is 0 Å². The summed E-state index contributed by atoms with van der Waals surface area (Å²) >= 11 is 0. The summed E-state index contributed by atoms with van der Waals surface area (Å²) in [4.78, 5) is 38.2. The second-order valence-corrected chi connectivity index (χ2v) is 7.65. The van der Waals surface area contributed by atoms with Crippen LogP contribution in [0.2, 0.25) is 0 Å². The van der Waals surface area contributed by atoms with Crippen LogP contribution >= 0.6 is 0 Å². The van der Waals surface area contributed by atoms with Crippen molar-refractivity contribution >= 4 is 23.5 Å². The van der Waals surface area contributed by atoms with Crippen LogP contribution in [0, 0.1) is 13.8 Å². The van der Waals surface area contributed by atoms with Crippen LogP contribution in [0.15, 0.2) is 78.9 Å². The number of carbonyl (C=O) groups excluding carboxylic acids is 3. The number of rotatable bonds is 7. The first-order valence-corrected chi connectivity index (χ1v) is 10.3. The highest BCUT2D eigenvalue weighted by molar-refractivity contribution is 5.98. The topological polar surface area (TPSA) is 84.5 Å². The fourth-order valence-corrected chi connectivity index (χ4v) is 3.30. The summed E-state index contributed by atoms with van der Waals surface area (Å²) < 4.78 is 5.56. The summed E-state index contributed by atoms with van der Waals surface area (Å²) in [6, 6.07) is 22.1. The van der Waals surface area contributed by atoms with Crippen LogP contribution in [0.3, 0.4) is 0 Å². The molecule has 6 nitrogen and oxygen atoms in total. The zero-order valence-electron chi connectivity index (χ0n) is 18.3. The van der Waals surface area contributed by atoms with Crippen LogP contribution in [-0.4, -0.2) is 23.8 Å². The molecule has 0 heterocycles. The highest BCUT2D eigenvalue weighted by Crippen LogP contribution is 2.22. The standard InChI is InChI=1S/C26H26N2O4/c1-17-14-18(2)16-22(15-17)28-25(30)23(20-10-6-4-7-11-20)32-26(31)19(3)27-24(29)21-12-8-5-9-13-21/h4-16,19,23H,1-3H3,(H,27,29)(H,28,30). The molecule has 2 N–H and O–H groups in total. The Kier molecular flexibility index (Phi) is 7.39. The maximum Gasteiger partial charge on any atom is 0.329 e. The fourth-order valence-electron chi connectivity index (χ4n) is 3.30. The number of benzene rings is 3. The highest BCUT2D eigenvalue weighted by Gasteiger charge is 2.28. The zero-order valence-corrected chi connectivity index (χ0v) is 18.3. The molecule has 0 aromatic heterocycles. The number of nitrogens with one attached hydrogen (secondary N) is 2. The summed E-state index contributed by atoms with van der Waals surface area (Å²) in [7, 11) is 0. The Bertz CT molecular complexity index is 1080. The molecule has 0 saturated carbocycles. The van der Waals surface area contributed by atoms with Gasteiger partial charge < -0.3 is 15.4 Å². The van der Waals surface area contributed by atoms with Gasteiger partial charge in [0, 0.05) is 16.8 Å². The van der Waals surface area contributed by atoms with Crippen molar-refractivity contribution in [1.29, 1.82) is 0 Å². The molecule has 164 valence electrons. The molecule has 2 amide bonds. The minimum absolute atomic E-state index is 0.397. The van der Waals surface area contributed by atoms with Gasteiger partial charge in [-0.3, -0.25) is 9.59 Å². The van der Waals surface area contributed by atoms with Crippen molar-refractivity contribution < 1.29 is 19.1 Å². The van der Waals surface area contributed by atoms with Crippen molar-refractivity contribution in [3.05, 3.63) is 101 Å². The van der Waals surface area contributed by atoms with E-state index in [4.69, 9.17) is 4.74 Å². The van der Waals surface area contributed by atoms with E-state index in [2.05, 4.69) is 10.6 Å². The van der Waals surface area contributed by atoms with Gasteiger partial charge in [-0.15, -0.1) is 0 Å². The third-order valence-electron chi connectivity index (χ3n) is 4.80. The Morgan fingerprint density at radius 1 is 0.812 bits per heavy atom. The minimum atomic E-state index is -1.17. The van der Waals surface area contributed by atoms with Crippen LogP contribution in [0.25, 0.3) is 0 Å². The first-order valence-electron chi connectivity index (χ1n) is 10.3. The molecular weight excluding hydrogens is 404 g/mol. The van der Waals surface area contributed by atoms with E-state index in [1.165, 1.54) is 6.92 Å². The van der Waals surface area contributed by atoms with E-state index in [1.54, 1.807) is 54.6 Å². The van der Waals surface area contributed by atoms with Crippen molar-refractivity contribution in [2.45, 2.75) is 32.9 Å². The maximum atomic E-state index is 13.1. The van der Waals surface area contributed by atoms with Crippen molar-refractivity contribution in [3.8, 4) is 0 Å². The smallest absolute Gasteiger partial charge is 0.329 e. The van der Waals surface area contributed by atoms with Gasteiger partial charge in [0.25, 0.3) is 11.8 Å². The minimum Gasteiger partial charge on any atom is -0.446 e. The molecule has 2 unspecified atom stereocenters. The average Bonchev–Trinajstić information content (AvgIpc) is 2.77. The van der Waals surface area contributed by atoms with Gasteiger partial charge in [-0.05, 0) is 56.2 Å². The van der Waals surface area contributed by atoms with E-state index in [-0.39, 0.29) is 0 Å². The van der Waals surface area contributed by atoms with Crippen LogP contribution in [-0.2, 0) is 14.3 Å². The number of carbonyl (C=O) groups is 3. The first-order chi connectivity index (χ1) is 15.3. The van der Waals surface area contributed by atoms with Crippen molar-refractivity contribution in [1.82, 2.24) is 5.32 Å². The number of ether oxygens (including phenoxy) is 1. The van der Waals surface area contributed by atoms with Gasteiger partial charge in [-0.1, -0.05) is 54.6 Å². The summed E-state index contributed by atoms with van der Waals surface area (Å²) in [6.07, 6.45) is -1.17. The van der Waals surface area contributed by atoms with E-state index in [9.17, 15) is 14.4 Å². The van der Waals surface area contributed by atoms with Crippen molar-refractivity contribution in [2.75, 3.05) is 5.32 Å². The fraction of sp³-hybridized carbons (Fsp3) is 0.192. The molecule has 3 rings (SSSR count). The summed E-state index contributed by atoms with van der Waals surface area (Å²) in [5, 5.41) is 5.44. The molecule has 0 bridgehead atoms. The van der Waals surface area contributed by atoms with Gasteiger partial charge in [0.1, 0.15) is 6.04 Å². The lowest BCUT2D eigenvalue weighted by Crippen LogP contribution is -2.41. The average molecular weight is 431 g/mol. The Hall–Kier alpha value is -3.93. The first kappa shape index (κ1) is 22.7. The molecule has 0 radical (unpaired) electrons. The molecule has 6 heteroatoms. The number of hydrogen-bond donors (Lipinski definition) is 2. The van der Waals surface area contributed by atoms with Gasteiger partial charge in [-0.25, -0.2) is 4.79 Å². The van der Waals surface area contributed by atoms with Crippen LogP contribution in [0.5, 0.6) is 0 Å². The predicted molar refractivity (Wildman–Crippen MR) is 123 cm³/mol. The number of amides is 2.